The van der Waals surface area contributed by atoms with Gasteiger partial charge in [0.05, 0.1) is 18.8 Å². The summed E-state index contributed by atoms with van der Waals surface area (Å²) in [5.41, 5.74) is 0.482. The van der Waals surface area contributed by atoms with E-state index in [9.17, 15) is 9.90 Å². The number of hydrogen-bond acceptors (Lipinski definition) is 3. The average Bonchev–Trinajstić information content (AvgIpc) is 2.53. The third-order valence-electron chi connectivity index (χ3n) is 5.43. The fraction of sp³-hybridized carbons (Fsp3) is 0.611. The quantitative estimate of drug-likeness (QED) is 0.914. The largest absolute Gasteiger partial charge is 0.497 e. The molecule has 1 N–H and O–H groups in total. The first-order valence-corrected chi connectivity index (χ1v) is 8.19. The van der Waals surface area contributed by atoms with Gasteiger partial charge < -0.3 is 14.7 Å². The molecule has 1 aliphatic heterocycles. The van der Waals surface area contributed by atoms with E-state index in [1.807, 2.05) is 29.2 Å². The second kappa shape index (κ2) is 5.92. The number of methoxy groups -OCH3 is 1. The first-order valence-electron chi connectivity index (χ1n) is 8.19. The van der Waals surface area contributed by atoms with Gasteiger partial charge in [0.2, 0.25) is 5.91 Å². The summed E-state index contributed by atoms with van der Waals surface area (Å²) < 4.78 is 5.23. The molecule has 0 aromatic heterocycles. The number of aliphatic hydroxyl groups is 1. The minimum atomic E-state index is -0.616. The number of benzene rings is 1. The second-order valence-electron chi connectivity index (χ2n) is 6.64. The Morgan fingerprint density at radius 3 is 2.64 bits per heavy atom. The molecule has 1 saturated heterocycles. The zero-order valence-electron chi connectivity index (χ0n) is 13.4. The van der Waals surface area contributed by atoms with E-state index in [2.05, 4.69) is 0 Å². The van der Waals surface area contributed by atoms with Gasteiger partial charge in [0.15, 0.2) is 0 Å². The molecule has 3 rings (SSSR count). The highest BCUT2D eigenvalue weighted by Gasteiger charge is 2.49. The van der Waals surface area contributed by atoms with Crippen molar-refractivity contribution < 1.29 is 14.6 Å². The van der Waals surface area contributed by atoms with Crippen molar-refractivity contribution >= 4 is 5.91 Å². The SMILES string of the molecule is COc1ccc([C@H]2[C@@H]3CCCC[C@]3(O)CCN2C(C)=O)cc1. The number of carbonyl (C=O) groups is 1. The normalized spacial score (nSPS) is 31.5. The smallest absolute Gasteiger partial charge is 0.219 e. The maximum absolute atomic E-state index is 12.1. The molecule has 0 bridgehead atoms. The van der Waals surface area contributed by atoms with Crippen LogP contribution in [0.2, 0.25) is 0 Å². The molecular formula is C18H25NO3. The van der Waals surface area contributed by atoms with Gasteiger partial charge in [0, 0.05) is 19.4 Å². The van der Waals surface area contributed by atoms with Gasteiger partial charge >= 0.3 is 0 Å². The summed E-state index contributed by atoms with van der Waals surface area (Å²) in [6.07, 6.45) is 4.75. The lowest BCUT2D eigenvalue weighted by atomic mass is 9.66. The van der Waals surface area contributed by atoms with Crippen molar-refractivity contribution in [2.45, 2.75) is 50.7 Å². The highest BCUT2D eigenvalue weighted by molar-refractivity contribution is 5.74. The van der Waals surface area contributed by atoms with Gasteiger partial charge in [-0.05, 0) is 37.0 Å². The summed E-state index contributed by atoms with van der Waals surface area (Å²) >= 11 is 0. The first kappa shape index (κ1) is 15.3. The van der Waals surface area contributed by atoms with Crippen LogP contribution in [-0.4, -0.2) is 35.2 Å². The molecule has 120 valence electrons. The Balaban J connectivity index is 1.98. The Labute approximate surface area is 132 Å². The van der Waals surface area contributed by atoms with E-state index in [0.717, 1.165) is 37.0 Å². The molecule has 0 unspecified atom stereocenters. The number of piperidine rings is 1. The van der Waals surface area contributed by atoms with Crippen LogP contribution in [-0.2, 0) is 4.79 Å². The highest BCUT2D eigenvalue weighted by atomic mass is 16.5. The minimum Gasteiger partial charge on any atom is -0.497 e. The topological polar surface area (TPSA) is 49.8 Å². The molecule has 22 heavy (non-hydrogen) atoms. The molecule has 1 heterocycles. The van der Waals surface area contributed by atoms with E-state index in [-0.39, 0.29) is 17.9 Å². The number of carbonyl (C=O) groups excluding carboxylic acids is 1. The van der Waals surface area contributed by atoms with E-state index < -0.39 is 5.60 Å². The molecule has 1 aliphatic carbocycles. The van der Waals surface area contributed by atoms with Gasteiger partial charge in [-0.25, -0.2) is 0 Å². The van der Waals surface area contributed by atoms with Crippen LogP contribution in [0.5, 0.6) is 5.75 Å². The third-order valence-corrected chi connectivity index (χ3v) is 5.43. The van der Waals surface area contributed by atoms with Gasteiger partial charge in [0.1, 0.15) is 5.75 Å². The molecule has 3 atom stereocenters. The third kappa shape index (κ3) is 2.60. The lowest BCUT2D eigenvalue weighted by molar-refractivity contribution is -0.153. The average molecular weight is 303 g/mol. The predicted octanol–water partition coefficient (Wildman–Crippen LogP) is 2.91. The van der Waals surface area contributed by atoms with Crippen molar-refractivity contribution in [3.8, 4) is 5.75 Å². The van der Waals surface area contributed by atoms with E-state index in [1.54, 1.807) is 14.0 Å². The molecule has 1 aromatic carbocycles. The number of likely N-dealkylation sites (tertiary alicyclic amines) is 1. The lowest BCUT2D eigenvalue weighted by Gasteiger charge is -2.52. The summed E-state index contributed by atoms with van der Waals surface area (Å²) in [5, 5.41) is 11.1. The van der Waals surface area contributed by atoms with Crippen LogP contribution < -0.4 is 4.74 Å². The maximum Gasteiger partial charge on any atom is 0.219 e. The van der Waals surface area contributed by atoms with Gasteiger partial charge in [-0.3, -0.25) is 4.79 Å². The number of nitrogens with zero attached hydrogens (tertiary/aromatic N) is 1. The van der Waals surface area contributed by atoms with Crippen LogP contribution in [0.3, 0.4) is 0 Å². The van der Waals surface area contributed by atoms with Crippen molar-refractivity contribution in [1.29, 1.82) is 0 Å². The minimum absolute atomic E-state index is 0.0255. The fourth-order valence-corrected chi connectivity index (χ4v) is 4.25. The van der Waals surface area contributed by atoms with Crippen molar-refractivity contribution in [1.82, 2.24) is 4.90 Å². The monoisotopic (exact) mass is 303 g/mol. The zero-order valence-corrected chi connectivity index (χ0v) is 13.4. The summed E-state index contributed by atoms with van der Waals surface area (Å²) in [4.78, 5) is 14.0. The Morgan fingerprint density at radius 2 is 2.00 bits per heavy atom. The molecule has 1 aromatic rings. The van der Waals surface area contributed by atoms with Crippen LogP contribution in [0.15, 0.2) is 24.3 Å². The molecule has 1 amide bonds. The zero-order chi connectivity index (χ0) is 15.7. The van der Waals surface area contributed by atoms with Crippen LogP contribution >= 0.6 is 0 Å². The molecule has 2 aliphatic rings. The van der Waals surface area contributed by atoms with Gasteiger partial charge in [-0.2, -0.15) is 0 Å². The lowest BCUT2D eigenvalue weighted by Crippen LogP contribution is -2.55. The number of amides is 1. The van der Waals surface area contributed by atoms with Crippen molar-refractivity contribution in [2.75, 3.05) is 13.7 Å². The fourth-order valence-electron chi connectivity index (χ4n) is 4.25. The molecule has 2 fully saturated rings. The maximum atomic E-state index is 12.1. The standard InChI is InChI=1S/C18H25NO3/c1-13(20)19-12-11-18(21)10-4-3-5-16(18)17(19)14-6-8-15(22-2)9-7-14/h6-9,16-17,21H,3-5,10-12H2,1-2H3/t16-,17-,18-/m0/s1. The molecule has 0 spiro atoms. The Kier molecular flexibility index (Phi) is 4.13. The number of fused-ring (bicyclic) bond motifs is 1. The molecule has 0 radical (unpaired) electrons. The Hall–Kier alpha value is -1.55. The highest BCUT2D eigenvalue weighted by Crippen LogP contribution is 2.49. The summed E-state index contributed by atoms with van der Waals surface area (Å²) in [6, 6.07) is 7.90. The summed E-state index contributed by atoms with van der Waals surface area (Å²) in [6.45, 7) is 2.27. The van der Waals surface area contributed by atoms with Crippen molar-refractivity contribution in [3.05, 3.63) is 29.8 Å². The Morgan fingerprint density at radius 1 is 1.27 bits per heavy atom. The van der Waals surface area contributed by atoms with Crippen LogP contribution in [0.25, 0.3) is 0 Å². The second-order valence-corrected chi connectivity index (χ2v) is 6.64. The van der Waals surface area contributed by atoms with Crippen LogP contribution in [0, 0.1) is 5.92 Å². The Bertz CT molecular complexity index is 542. The molecular weight excluding hydrogens is 278 g/mol. The van der Waals surface area contributed by atoms with Crippen molar-refractivity contribution in [3.63, 3.8) is 0 Å². The van der Waals surface area contributed by atoms with E-state index in [0.29, 0.717) is 13.0 Å². The number of ether oxygens (including phenoxy) is 1. The molecule has 4 heteroatoms. The van der Waals surface area contributed by atoms with Crippen molar-refractivity contribution in [2.24, 2.45) is 5.92 Å². The van der Waals surface area contributed by atoms with Crippen LogP contribution in [0.1, 0.15) is 50.6 Å². The number of rotatable bonds is 2. The summed E-state index contributed by atoms with van der Waals surface area (Å²) in [5.74, 6) is 1.04. The molecule has 4 nitrogen and oxygen atoms in total. The summed E-state index contributed by atoms with van der Waals surface area (Å²) in [7, 11) is 1.65. The first-order chi connectivity index (χ1) is 10.5. The predicted molar refractivity (Wildman–Crippen MR) is 84.6 cm³/mol. The van der Waals surface area contributed by atoms with Gasteiger partial charge in [0.25, 0.3) is 0 Å². The van der Waals surface area contributed by atoms with Gasteiger partial charge in [-0.15, -0.1) is 0 Å². The van der Waals surface area contributed by atoms with E-state index >= 15 is 0 Å². The van der Waals surface area contributed by atoms with Gasteiger partial charge in [-0.1, -0.05) is 25.0 Å². The number of hydrogen-bond donors (Lipinski definition) is 1. The van der Waals surface area contributed by atoms with E-state index in [1.165, 1.54) is 0 Å². The van der Waals surface area contributed by atoms with Crippen LogP contribution in [0.4, 0.5) is 0 Å². The van der Waals surface area contributed by atoms with E-state index in [4.69, 9.17) is 4.74 Å². The molecule has 1 saturated carbocycles.